The van der Waals surface area contributed by atoms with Gasteiger partial charge in [-0.1, -0.05) is 24.3 Å². The van der Waals surface area contributed by atoms with Crippen LogP contribution in [0.1, 0.15) is 0 Å². The Hall–Kier alpha value is -4.62. The Bertz CT molecular complexity index is 1390. The van der Waals surface area contributed by atoms with Gasteiger partial charge in [0, 0.05) is 44.3 Å². The zero-order chi connectivity index (χ0) is 22.2. The molecule has 0 radical (unpaired) electrons. The molecule has 0 unspecified atom stereocenters. The van der Waals surface area contributed by atoms with Crippen LogP contribution in [0.5, 0.6) is 0 Å². The van der Waals surface area contributed by atoms with Crippen molar-refractivity contribution in [1.29, 1.82) is 0 Å². The summed E-state index contributed by atoms with van der Waals surface area (Å²) in [5.74, 6) is 0. The molecule has 0 bridgehead atoms. The Kier molecular flexibility index (Phi) is 5.56. The molecule has 4 aromatic carbocycles. The third-order valence-corrected chi connectivity index (χ3v) is 5.32. The highest BCUT2D eigenvalue weighted by Crippen LogP contribution is 2.24. The fourth-order valence-corrected chi connectivity index (χ4v) is 3.71. The fourth-order valence-electron chi connectivity index (χ4n) is 3.71. The molecular formula is C26H24N6O. The van der Waals surface area contributed by atoms with Crippen LogP contribution in [-0.2, 0) is 0 Å². The lowest BCUT2D eigenvalue weighted by atomic mass is 10.1. The number of nitrogens with zero attached hydrogens (tertiary/aromatic N) is 2. The molecule has 0 aliphatic heterocycles. The minimum Gasteiger partial charge on any atom is -0.412 e. The second-order valence-corrected chi connectivity index (χ2v) is 7.79. The Morgan fingerprint density at radius 3 is 0.848 bits per heavy atom. The first-order chi connectivity index (χ1) is 15.4. The summed E-state index contributed by atoms with van der Waals surface area (Å²) in [6.07, 6.45) is 0. The SMILES string of the molecule is Nc1ccc2cc3ccc(N)cc3nc2c1.Nc1ccc2cc3ccc(N)cc3nc2c1.O. The lowest BCUT2D eigenvalue weighted by molar-refractivity contribution is 0.824. The Morgan fingerprint density at radius 2 is 0.606 bits per heavy atom. The highest BCUT2D eigenvalue weighted by molar-refractivity contribution is 5.95. The molecule has 164 valence electrons. The van der Waals surface area contributed by atoms with E-state index >= 15 is 0 Å². The summed E-state index contributed by atoms with van der Waals surface area (Å²) in [4.78, 5) is 9.08. The third kappa shape index (κ3) is 4.39. The summed E-state index contributed by atoms with van der Waals surface area (Å²) in [5, 5.41) is 4.36. The first-order valence-electron chi connectivity index (χ1n) is 10.2. The van der Waals surface area contributed by atoms with E-state index in [9.17, 15) is 0 Å². The van der Waals surface area contributed by atoms with Crippen LogP contribution in [-0.4, -0.2) is 15.4 Å². The molecule has 0 saturated carbocycles. The van der Waals surface area contributed by atoms with Crippen molar-refractivity contribution >= 4 is 66.4 Å². The van der Waals surface area contributed by atoms with Crippen molar-refractivity contribution < 1.29 is 5.48 Å². The molecule has 2 aromatic heterocycles. The van der Waals surface area contributed by atoms with Gasteiger partial charge in [-0.05, 0) is 60.7 Å². The van der Waals surface area contributed by atoms with E-state index in [1.54, 1.807) is 0 Å². The van der Waals surface area contributed by atoms with Crippen LogP contribution in [0.15, 0.2) is 84.9 Å². The van der Waals surface area contributed by atoms with Gasteiger partial charge in [0.2, 0.25) is 0 Å². The highest BCUT2D eigenvalue weighted by Gasteiger charge is 2.01. The van der Waals surface area contributed by atoms with Gasteiger partial charge in [0.25, 0.3) is 0 Å². The smallest absolute Gasteiger partial charge is 0.0730 e. The number of hydrogen-bond donors (Lipinski definition) is 4. The standard InChI is InChI=1S/2C13H11N3.H2O/c2*14-10-3-1-8-5-9-2-4-11(15)7-13(9)16-12(8)6-10;/h2*1-7H,14-15H2;1H2. The fraction of sp³-hybridized carbons (Fsp3) is 0. The van der Waals surface area contributed by atoms with Crippen molar-refractivity contribution in [1.82, 2.24) is 9.97 Å². The van der Waals surface area contributed by atoms with E-state index < -0.39 is 0 Å². The summed E-state index contributed by atoms with van der Waals surface area (Å²) < 4.78 is 0. The molecule has 2 heterocycles. The van der Waals surface area contributed by atoms with Crippen LogP contribution in [0.3, 0.4) is 0 Å². The predicted molar refractivity (Wildman–Crippen MR) is 140 cm³/mol. The number of fused-ring (bicyclic) bond motifs is 4. The number of aromatic nitrogens is 2. The number of hydrogen-bond acceptors (Lipinski definition) is 6. The maximum atomic E-state index is 5.73. The van der Waals surface area contributed by atoms with Gasteiger partial charge in [-0.3, -0.25) is 0 Å². The van der Waals surface area contributed by atoms with Gasteiger partial charge in [-0.25, -0.2) is 9.97 Å². The van der Waals surface area contributed by atoms with E-state index in [0.717, 1.165) is 66.4 Å². The maximum absolute atomic E-state index is 5.73. The lowest BCUT2D eigenvalue weighted by Gasteiger charge is -2.03. The summed E-state index contributed by atoms with van der Waals surface area (Å²) in [6.45, 7) is 0. The van der Waals surface area contributed by atoms with Crippen molar-refractivity contribution in [3.8, 4) is 0 Å². The molecule has 0 fully saturated rings. The van der Waals surface area contributed by atoms with Gasteiger partial charge in [-0.2, -0.15) is 0 Å². The quantitative estimate of drug-likeness (QED) is 0.205. The number of nitrogens with two attached hydrogens (primary N) is 4. The van der Waals surface area contributed by atoms with Crippen LogP contribution < -0.4 is 22.9 Å². The zero-order valence-corrected chi connectivity index (χ0v) is 17.8. The van der Waals surface area contributed by atoms with E-state index in [4.69, 9.17) is 22.9 Å². The van der Waals surface area contributed by atoms with Gasteiger partial charge in [0.1, 0.15) is 0 Å². The van der Waals surface area contributed by atoms with Crippen molar-refractivity contribution in [3.63, 3.8) is 0 Å². The van der Waals surface area contributed by atoms with Gasteiger partial charge >= 0.3 is 0 Å². The average Bonchev–Trinajstić information content (AvgIpc) is 2.77. The first kappa shape index (κ1) is 21.6. The predicted octanol–water partition coefficient (Wildman–Crippen LogP) is 4.28. The van der Waals surface area contributed by atoms with E-state index in [1.807, 2.05) is 72.8 Å². The minimum atomic E-state index is 0. The maximum Gasteiger partial charge on any atom is 0.0730 e. The molecule has 7 heteroatoms. The monoisotopic (exact) mass is 436 g/mol. The van der Waals surface area contributed by atoms with Gasteiger partial charge in [0.15, 0.2) is 0 Å². The van der Waals surface area contributed by atoms with Gasteiger partial charge in [0.05, 0.1) is 22.1 Å². The van der Waals surface area contributed by atoms with Crippen molar-refractivity contribution in [2.75, 3.05) is 22.9 Å². The van der Waals surface area contributed by atoms with Crippen molar-refractivity contribution in [2.24, 2.45) is 0 Å². The molecular weight excluding hydrogens is 412 g/mol. The first-order valence-corrected chi connectivity index (χ1v) is 10.2. The van der Waals surface area contributed by atoms with Crippen LogP contribution in [0.2, 0.25) is 0 Å². The Balaban J connectivity index is 0.000000152. The average molecular weight is 437 g/mol. The molecule has 7 nitrogen and oxygen atoms in total. The summed E-state index contributed by atoms with van der Waals surface area (Å²) in [6, 6.07) is 27.1. The summed E-state index contributed by atoms with van der Waals surface area (Å²) >= 11 is 0. The zero-order valence-electron chi connectivity index (χ0n) is 17.8. The number of benzene rings is 4. The van der Waals surface area contributed by atoms with Crippen LogP contribution >= 0.6 is 0 Å². The van der Waals surface area contributed by atoms with E-state index in [2.05, 4.69) is 22.1 Å². The van der Waals surface area contributed by atoms with Crippen molar-refractivity contribution in [2.45, 2.75) is 0 Å². The summed E-state index contributed by atoms with van der Waals surface area (Å²) in [5.41, 5.74) is 29.4. The molecule has 0 spiro atoms. The third-order valence-electron chi connectivity index (χ3n) is 5.32. The molecule has 0 aliphatic carbocycles. The Labute approximate surface area is 190 Å². The number of pyridine rings is 2. The lowest BCUT2D eigenvalue weighted by Crippen LogP contribution is -1.89. The van der Waals surface area contributed by atoms with E-state index in [1.165, 1.54) is 0 Å². The van der Waals surface area contributed by atoms with Gasteiger partial charge in [-0.15, -0.1) is 0 Å². The van der Waals surface area contributed by atoms with Crippen molar-refractivity contribution in [3.05, 3.63) is 84.9 Å². The van der Waals surface area contributed by atoms with E-state index in [-0.39, 0.29) is 5.48 Å². The summed E-state index contributed by atoms with van der Waals surface area (Å²) in [7, 11) is 0. The number of anilines is 4. The molecule has 0 amide bonds. The molecule has 6 rings (SSSR count). The van der Waals surface area contributed by atoms with Crippen LogP contribution in [0.4, 0.5) is 22.7 Å². The molecule has 0 aliphatic rings. The largest absolute Gasteiger partial charge is 0.412 e. The van der Waals surface area contributed by atoms with Crippen LogP contribution in [0, 0.1) is 0 Å². The Morgan fingerprint density at radius 1 is 0.364 bits per heavy atom. The molecule has 10 N–H and O–H groups in total. The highest BCUT2D eigenvalue weighted by atomic mass is 16.0. The van der Waals surface area contributed by atoms with E-state index in [0.29, 0.717) is 0 Å². The number of rotatable bonds is 0. The number of nitrogen functional groups attached to an aromatic ring is 4. The van der Waals surface area contributed by atoms with Crippen LogP contribution in [0.25, 0.3) is 43.6 Å². The second-order valence-electron chi connectivity index (χ2n) is 7.79. The second kappa shape index (κ2) is 8.49. The molecule has 6 aromatic rings. The molecule has 33 heavy (non-hydrogen) atoms. The normalized spacial score (nSPS) is 10.7. The topological polar surface area (TPSA) is 161 Å². The minimum absolute atomic E-state index is 0. The molecule has 0 atom stereocenters. The molecule has 0 saturated heterocycles. The van der Waals surface area contributed by atoms with Gasteiger partial charge < -0.3 is 28.4 Å².